The van der Waals surface area contributed by atoms with Crippen LogP contribution in [0.2, 0.25) is 0 Å². The van der Waals surface area contributed by atoms with Crippen molar-refractivity contribution in [3.63, 3.8) is 0 Å². The minimum atomic E-state index is -0.489. The third-order valence-electron chi connectivity index (χ3n) is 3.79. The summed E-state index contributed by atoms with van der Waals surface area (Å²) in [5.74, 6) is 1.02. The number of anilines is 1. The van der Waals surface area contributed by atoms with Gasteiger partial charge in [-0.2, -0.15) is 17.0 Å². The molecule has 0 atom stereocenters. The Balaban J connectivity index is 2.12. The van der Waals surface area contributed by atoms with Crippen LogP contribution in [0.15, 0.2) is 18.2 Å². The van der Waals surface area contributed by atoms with Crippen LogP contribution in [0.3, 0.4) is 0 Å². The van der Waals surface area contributed by atoms with E-state index >= 15 is 0 Å². The lowest BCUT2D eigenvalue weighted by molar-refractivity contribution is -0.384. The van der Waals surface area contributed by atoms with Crippen molar-refractivity contribution in [1.82, 2.24) is 0 Å². The van der Waals surface area contributed by atoms with E-state index in [1.54, 1.807) is 6.07 Å². The summed E-state index contributed by atoms with van der Waals surface area (Å²) in [5.41, 5.74) is 0.888. The molecule has 1 aliphatic rings. The highest BCUT2D eigenvalue weighted by Crippen LogP contribution is 2.36. The van der Waals surface area contributed by atoms with E-state index in [1.807, 2.05) is 17.8 Å². The Morgan fingerprint density at radius 3 is 2.82 bits per heavy atom. The highest BCUT2D eigenvalue weighted by atomic mass is 32.2. The molecular formula is C15H19N3O3S. The molecule has 0 aromatic heterocycles. The maximum absolute atomic E-state index is 10.8. The number of hydrogen-bond donors (Lipinski definition) is 1. The summed E-state index contributed by atoms with van der Waals surface area (Å²) in [6, 6.07) is 6.37. The molecule has 1 aliphatic heterocycles. The van der Waals surface area contributed by atoms with Crippen molar-refractivity contribution in [3.05, 3.63) is 33.9 Å². The standard InChI is InChI=1S/C15H19N3O3S/c1-2-22-15(5-7-21-8-6-15)11-17-14-4-3-13(18(19)20)9-12(14)10-16/h3-4,9,17H,2,5-8,11H2,1H3. The molecule has 0 radical (unpaired) electrons. The highest BCUT2D eigenvalue weighted by Gasteiger charge is 2.32. The summed E-state index contributed by atoms with van der Waals surface area (Å²) in [5, 5.41) is 23.3. The molecule has 1 saturated heterocycles. The molecule has 2 rings (SSSR count). The fraction of sp³-hybridized carbons (Fsp3) is 0.533. The molecule has 1 N–H and O–H groups in total. The smallest absolute Gasteiger partial charge is 0.270 e. The molecule has 118 valence electrons. The van der Waals surface area contributed by atoms with Gasteiger partial charge in [-0.15, -0.1) is 0 Å². The number of nitriles is 1. The van der Waals surface area contributed by atoms with Crippen LogP contribution in [0.1, 0.15) is 25.3 Å². The fourth-order valence-corrected chi connectivity index (χ4v) is 3.81. The predicted molar refractivity (Wildman–Crippen MR) is 87.2 cm³/mol. The van der Waals surface area contributed by atoms with E-state index in [0.29, 0.717) is 11.3 Å². The summed E-state index contributed by atoms with van der Waals surface area (Å²) in [6.45, 7) is 4.36. The summed E-state index contributed by atoms with van der Waals surface area (Å²) < 4.78 is 5.54. The number of non-ortho nitro benzene ring substituents is 1. The highest BCUT2D eigenvalue weighted by molar-refractivity contribution is 8.00. The van der Waals surface area contributed by atoms with E-state index in [2.05, 4.69) is 12.2 Å². The van der Waals surface area contributed by atoms with Gasteiger partial charge in [-0.25, -0.2) is 0 Å². The molecule has 7 heteroatoms. The van der Waals surface area contributed by atoms with Gasteiger partial charge in [-0.1, -0.05) is 6.92 Å². The van der Waals surface area contributed by atoms with Crippen molar-refractivity contribution in [3.8, 4) is 6.07 Å². The first-order valence-electron chi connectivity index (χ1n) is 7.24. The minimum Gasteiger partial charge on any atom is -0.383 e. The molecule has 0 unspecified atom stereocenters. The van der Waals surface area contributed by atoms with Crippen molar-refractivity contribution in [2.45, 2.75) is 24.5 Å². The molecule has 0 aliphatic carbocycles. The third-order valence-corrected chi connectivity index (χ3v) is 5.24. The van der Waals surface area contributed by atoms with Crippen LogP contribution >= 0.6 is 11.8 Å². The minimum absolute atomic E-state index is 0.0641. The summed E-state index contributed by atoms with van der Waals surface area (Å²) >= 11 is 1.91. The molecule has 1 fully saturated rings. The van der Waals surface area contributed by atoms with Gasteiger partial charge >= 0.3 is 0 Å². The number of nitrogens with one attached hydrogen (secondary N) is 1. The number of hydrogen-bond acceptors (Lipinski definition) is 6. The number of nitrogens with zero attached hydrogens (tertiary/aromatic N) is 2. The Morgan fingerprint density at radius 2 is 2.23 bits per heavy atom. The average Bonchev–Trinajstić information content (AvgIpc) is 2.54. The average molecular weight is 321 g/mol. The lowest BCUT2D eigenvalue weighted by Gasteiger charge is -2.37. The van der Waals surface area contributed by atoms with Crippen LogP contribution in [-0.4, -0.2) is 35.2 Å². The van der Waals surface area contributed by atoms with Crippen LogP contribution in [0.25, 0.3) is 0 Å². The topological polar surface area (TPSA) is 88.2 Å². The molecule has 22 heavy (non-hydrogen) atoms. The predicted octanol–water partition coefficient (Wildman–Crippen LogP) is 3.18. The third kappa shape index (κ3) is 3.90. The van der Waals surface area contributed by atoms with Crippen molar-refractivity contribution >= 4 is 23.1 Å². The second-order valence-corrected chi connectivity index (χ2v) is 6.91. The van der Waals surface area contributed by atoms with Crippen molar-refractivity contribution < 1.29 is 9.66 Å². The molecule has 0 spiro atoms. The second kappa shape index (κ2) is 7.47. The van der Waals surface area contributed by atoms with Gasteiger partial charge in [-0.05, 0) is 24.7 Å². The maximum Gasteiger partial charge on any atom is 0.270 e. The molecule has 1 heterocycles. The van der Waals surface area contributed by atoms with Crippen molar-refractivity contribution in [2.24, 2.45) is 0 Å². The van der Waals surface area contributed by atoms with E-state index in [4.69, 9.17) is 4.74 Å². The molecular weight excluding hydrogens is 302 g/mol. The van der Waals surface area contributed by atoms with Crippen LogP contribution < -0.4 is 5.32 Å². The summed E-state index contributed by atoms with van der Waals surface area (Å²) in [4.78, 5) is 10.3. The zero-order valence-corrected chi connectivity index (χ0v) is 13.3. The quantitative estimate of drug-likeness (QED) is 0.639. The number of ether oxygens (including phenoxy) is 1. The normalized spacial score (nSPS) is 16.7. The maximum atomic E-state index is 10.8. The SMILES string of the molecule is CCSC1(CNc2ccc([N+](=O)[O-])cc2C#N)CCOCC1. The Labute approximate surface area is 134 Å². The molecule has 6 nitrogen and oxygen atoms in total. The molecule has 1 aromatic carbocycles. The molecule has 0 saturated carbocycles. The van der Waals surface area contributed by atoms with Gasteiger partial charge in [0.25, 0.3) is 5.69 Å². The van der Waals surface area contributed by atoms with E-state index in [1.165, 1.54) is 12.1 Å². The van der Waals surface area contributed by atoms with Crippen LogP contribution in [0.4, 0.5) is 11.4 Å². The Hall–Kier alpha value is -1.78. The van der Waals surface area contributed by atoms with Gasteiger partial charge in [0.1, 0.15) is 6.07 Å². The van der Waals surface area contributed by atoms with Gasteiger partial charge in [0.15, 0.2) is 0 Å². The summed E-state index contributed by atoms with van der Waals surface area (Å²) in [7, 11) is 0. The van der Waals surface area contributed by atoms with Gasteiger partial charge in [0.2, 0.25) is 0 Å². The van der Waals surface area contributed by atoms with Gasteiger partial charge < -0.3 is 10.1 Å². The lowest BCUT2D eigenvalue weighted by Crippen LogP contribution is -2.39. The molecule has 1 aromatic rings. The van der Waals surface area contributed by atoms with Crippen molar-refractivity contribution in [2.75, 3.05) is 30.8 Å². The Kier molecular flexibility index (Phi) is 5.63. The second-order valence-electron chi connectivity index (χ2n) is 5.18. The van der Waals surface area contributed by atoms with Gasteiger partial charge in [0, 0.05) is 36.6 Å². The monoisotopic (exact) mass is 321 g/mol. The molecule has 0 amide bonds. The first-order valence-corrected chi connectivity index (χ1v) is 8.23. The zero-order valence-electron chi connectivity index (χ0n) is 12.5. The fourth-order valence-electron chi connectivity index (χ4n) is 2.57. The van der Waals surface area contributed by atoms with E-state index < -0.39 is 4.92 Å². The Morgan fingerprint density at radius 1 is 1.50 bits per heavy atom. The first kappa shape index (κ1) is 16.6. The summed E-state index contributed by atoms with van der Waals surface area (Å²) in [6.07, 6.45) is 1.93. The zero-order chi connectivity index (χ0) is 16.0. The van der Waals surface area contributed by atoms with Gasteiger partial charge in [-0.3, -0.25) is 10.1 Å². The van der Waals surface area contributed by atoms with E-state index in [0.717, 1.165) is 38.4 Å². The Bertz CT molecular complexity index is 574. The van der Waals surface area contributed by atoms with E-state index in [9.17, 15) is 15.4 Å². The molecule has 0 bridgehead atoms. The first-order chi connectivity index (χ1) is 10.6. The number of nitro benzene ring substituents is 1. The lowest BCUT2D eigenvalue weighted by atomic mass is 9.98. The van der Waals surface area contributed by atoms with E-state index in [-0.39, 0.29) is 10.4 Å². The van der Waals surface area contributed by atoms with Crippen molar-refractivity contribution in [1.29, 1.82) is 5.26 Å². The number of rotatable bonds is 6. The number of nitro groups is 1. The van der Waals surface area contributed by atoms with Crippen LogP contribution in [0.5, 0.6) is 0 Å². The number of thioether (sulfide) groups is 1. The van der Waals surface area contributed by atoms with Gasteiger partial charge in [0.05, 0.1) is 16.2 Å². The number of benzene rings is 1. The van der Waals surface area contributed by atoms with Crippen LogP contribution in [-0.2, 0) is 4.74 Å². The largest absolute Gasteiger partial charge is 0.383 e. The van der Waals surface area contributed by atoms with Crippen LogP contribution in [0, 0.1) is 21.4 Å².